The molecule has 1 heterocycles. The van der Waals surface area contributed by atoms with Crippen LogP contribution < -0.4 is 14.8 Å². The molecule has 4 atom stereocenters. The van der Waals surface area contributed by atoms with Crippen molar-refractivity contribution in [2.45, 2.75) is 82.8 Å². The first-order chi connectivity index (χ1) is 15.5. The fourth-order valence-electron chi connectivity index (χ4n) is 4.69. The number of halogens is 2. The number of benzene rings is 1. The number of rotatable bonds is 12. The molecular formula is C25H44Cl2N2O5. The van der Waals surface area contributed by atoms with Crippen LogP contribution in [0.4, 0.5) is 0 Å². The number of aliphatic hydroxyl groups excluding tert-OH is 2. The van der Waals surface area contributed by atoms with Crippen molar-refractivity contribution in [3.63, 3.8) is 0 Å². The molecule has 34 heavy (non-hydrogen) atoms. The summed E-state index contributed by atoms with van der Waals surface area (Å²) in [7, 11) is 1.64. The number of methoxy groups -OCH3 is 1. The molecule has 1 aromatic rings. The van der Waals surface area contributed by atoms with E-state index in [1.54, 1.807) is 7.11 Å². The first-order valence-electron chi connectivity index (χ1n) is 12.2. The Hall–Kier alpha value is -0.800. The van der Waals surface area contributed by atoms with Crippen molar-refractivity contribution in [3.8, 4) is 11.5 Å². The van der Waals surface area contributed by atoms with E-state index in [0.717, 1.165) is 44.3 Å². The van der Waals surface area contributed by atoms with Crippen LogP contribution in [0.1, 0.15) is 51.5 Å². The molecule has 1 saturated heterocycles. The summed E-state index contributed by atoms with van der Waals surface area (Å²) in [6.45, 7) is 7.23. The Morgan fingerprint density at radius 2 is 1.88 bits per heavy atom. The summed E-state index contributed by atoms with van der Waals surface area (Å²) in [4.78, 5) is 2.43. The maximum absolute atomic E-state index is 10.1. The van der Waals surface area contributed by atoms with Crippen LogP contribution in [0.2, 0.25) is 0 Å². The van der Waals surface area contributed by atoms with Gasteiger partial charge in [0.15, 0.2) is 11.5 Å². The second-order valence-electron chi connectivity index (χ2n) is 9.46. The predicted molar refractivity (Wildman–Crippen MR) is 140 cm³/mol. The number of ether oxygens (including phenoxy) is 3. The molecule has 0 bridgehead atoms. The van der Waals surface area contributed by atoms with Gasteiger partial charge in [-0.2, -0.15) is 0 Å². The normalized spacial score (nSPS) is 23.8. The first-order valence-corrected chi connectivity index (χ1v) is 12.2. The van der Waals surface area contributed by atoms with Crippen molar-refractivity contribution < 1.29 is 24.4 Å². The fourth-order valence-corrected chi connectivity index (χ4v) is 4.69. The molecule has 0 amide bonds. The molecule has 2 fully saturated rings. The van der Waals surface area contributed by atoms with E-state index in [2.05, 4.69) is 10.2 Å². The van der Waals surface area contributed by atoms with Crippen molar-refractivity contribution in [1.82, 2.24) is 10.2 Å². The molecule has 0 spiro atoms. The summed E-state index contributed by atoms with van der Waals surface area (Å²) >= 11 is 0. The SMILES string of the molecule is COc1cc(CCO[C@@H]2CCCC[C@H]2N2CCC(O)C2)ccc1OC[C@H](O)CNC(C)C.Cl.Cl. The van der Waals surface area contributed by atoms with E-state index in [1.165, 1.54) is 12.8 Å². The molecule has 0 radical (unpaired) electrons. The van der Waals surface area contributed by atoms with Gasteiger partial charge in [-0.05, 0) is 43.4 Å². The Bertz CT molecular complexity index is 697. The number of hydrogen-bond donors (Lipinski definition) is 3. The Balaban J connectivity index is 0.00000289. The van der Waals surface area contributed by atoms with E-state index < -0.39 is 6.10 Å². The van der Waals surface area contributed by atoms with E-state index in [4.69, 9.17) is 14.2 Å². The van der Waals surface area contributed by atoms with E-state index >= 15 is 0 Å². The van der Waals surface area contributed by atoms with Gasteiger partial charge in [0.1, 0.15) is 12.7 Å². The number of nitrogens with one attached hydrogen (secondary N) is 1. The third-order valence-electron chi connectivity index (χ3n) is 6.48. The lowest BCUT2D eigenvalue weighted by Gasteiger charge is -2.37. The minimum Gasteiger partial charge on any atom is -0.493 e. The lowest BCUT2D eigenvalue weighted by Crippen LogP contribution is -2.46. The quantitative estimate of drug-likeness (QED) is 0.388. The van der Waals surface area contributed by atoms with Crippen LogP contribution >= 0.6 is 24.8 Å². The minimum absolute atomic E-state index is 0. The lowest BCUT2D eigenvalue weighted by atomic mass is 9.91. The smallest absolute Gasteiger partial charge is 0.161 e. The molecular weight excluding hydrogens is 479 g/mol. The maximum atomic E-state index is 10.1. The van der Waals surface area contributed by atoms with Gasteiger partial charge in [0.25, 0.3) is 0 Å². The molecule has 1 aromatic carbocycles. The zero-order valence-corrected chi connectivity index (χ0v) is 22.4. The summed E-state index contributed by atoms with van der Waals surface area (Å²) < 4.78 is 17.6. The van der Waals surface area contributed by atoms with Gasteiger partial charge >= 0.3 is 0 Å². The van der Waals surface area contributed by atoms with Crippen LogP contribution in [0.25, 0.3) is 0 Å². The van der Waals surface area contributed by atoms with E-state index in [9.17, 15) is 10.2 Å². The van der Waals surface area contributed by atoms with E-state index in [-0.39, 0.29) is 43.6 Å². The highest BCUT2D eigenvalue weighted by Crippen LogP contribution is 2.30. The molecule has 198 valence electrons. The average Bonchev–Trinajstić information content (AvgIpc) is 3.23. The highest BCUT2D eigenvalue weighted by Gasteiger charge is 2.34. The van der Waals surface area contributed by atoms with Gasteiger partial charge in [-0.15, -0.1) is 24.8 Å². The van der Waals surface area contributed by atoms with Crippen LogP contribution in [0, 0.1) is 0 Å². The van der Waals surface area contributed by atoms with Crippen LogP contribution in [0.3, 0.4) is 0 Å². The maximum Gasteiger partial charge on any atom is 0.161 e. The van der Waals surface area contributed by atoms with Gasteiger partial charge < -0.3 is 29.7 Å². The van der Waals surface area contributed by atoms with Gasteiger partial charge in [0.05, 0.1) is 25.9 Å². The highest BCUT2D eigenvalue weighted by molar-refractivity contribution is 5.85. The standard InChI is InChI=1S/C25H42N2O5.2ClH/c1-18(2)26-15-21(29)17-32-24-9-8-19(14-25(24)30-3)11-13-31-23-7-5-4-6-22(23)27-12-10-20(28)16-27;;/h8-9,14,18,20-23,26,28-29H,4-7,10-13,15-17H2,1-3H3;2*1H/t20?,21-,22-,23-;;/m1../s1. The fraction of sp³-hybridized carbons (Fsp3) is 0.760. The minimum atomic E-state index is -0.574. The number of hydrogen-bond acceptors (Lipinski definition) is 7. The first kappa shape index (κ1) is 31.2. The van der Waals surface area contributed by atoms with Gasteiger partial charge in [0.2, 0.25) is 0 Å². The molecule has 2 aliphatic rings. The van der Waals surface area contributed by atoms with Gasteiger partial charge in [-0.25, -0.2) is 0 Å². The van der Waals surface area contributed by atoms with Crippen LogP contribution in [-0.4, -0.2) is 85.5 Å². The number of aliphatic hydroxyl groups is 2. The van der Waals surface area contributed by atoms with Crippen LogP contribution in [-0.2, 0) is 11.2 Å². The third kappa shape index (κ3) is 9.69. The van der Waals surface area contributed by atoms with Crippen molar-refractivity contribution in [2.75, 3.05) is 40.0 Å². The highest BCUT2D eigenvalue weighted by atomic mass is 35.5. The second kappa shape index (κ2) is 16.0. The third-order valence-corrected chi connectivity index (χ3v) is 6.48. The zero-order valence-electron chi connectivity index (χ0n) is 20.8. The van der Waals surface area contributed by atoms with Crippen LogP contribution in [0.5, 0.6) is 11.5 Å². The predicted octanol–water partition coefficient (Wildman–Crippen LogP) is 3.21. The molecule has 1 saturated carbocycles. The Morgan fingerprint density at radius 3 is 2.56 bits per heavy atom. The molecule has 7 nitrogen and oxygen atoms in total. The molecule has 3 rings (SSSR count). The van der Waals surface area contributed by atoms with Gasteiger partial charge in [-0.3, -0.25) is 4.90 Å². The Morgan fingerprint density at radius 1 is 1.12 bits per heavy atom. The van der Waals surface area contributed by atoms with E-state index in [1.807, 2.05) is 32.0 Å². The largest absolute Gasteiger partial charge is 0.493 e. The summed E-state index contributed by atoms with van der Waals surface area (Å²) in [5, 5.41) is 23.2. The van der Waals surface area contributed by atoms with Crippen molar-refractivity contribution in [3.05, 3.63) is 23.8 Å². The summed E-state index contributed by atoms with van der Waals surface area (Å²) in [5.41, 5.74) is 1.14. The van der Waals surface area contributed by atoms with Crippen molar-refractivity contribution in [1.29, 1.82) is 0 Å². The Kier molecular flexibility index (Phi) is 14.7. The van der Waals surface area contributed by atoms with Crippen molar-refractivity contribution in [2.24, 2.45) is 0 Å². The second-order valence-corrected chi connectivity index (χ2v) is 9.46. The molecule has 1 aliphatic carbocycles. The number of nitrogens with zero attached hydrogens (tertiary/aromatic N) is 1. The molecule has 9 heteroatoms. The van der Waals surface area contributed by atoms with E-state index in [0.29, 0.717) is 36.7 Å². The van der Waals surface area contributed by atoms with Crippen molar-refractivity contribution >= 4 is 24.8 Å². The van der Waals surface area contributed by atoms with Gasteiger partial charge in [-0.1, -0.05) is 32.8 Å². The molecule has 0 aromatic heterocycles. The zero-order chi connectivity index (χ0) is 22.9. The molecule has 1 unspecified atom stereocenters. The Labute approximate surface area is 217 Å². The topological polar surface area (TPSA) is 83.4 Å². The summed E-state index contributed by atoms with van der Waals surface area (Å²) in [6, 6.07) is 6.70. The molecule has 3 N–H and O–H groups in total. The molecule has 1 aliphatic heterocycles. The monoisotopic (exact) mass is 522 g/mol. The lowest BCUT2D eigenvalue weighted by molar-refractivity contribution is -0.0316. The van der Waals surface area contributed by atoms with Gasteiger partial charge in [0, 0.05) is 31.7 Å². The number of likely N-dealkylation sites (tertiary alicyclic amines) is 1. The van der Waals surface area contributed by atoms with Crippen LogP contribution in [0.15, 0.2) is 18.2 Å². The summed E-state index contributed by atoms with van der Waals surface area (Å²) in [6.07, 6.45) is 5.91. The average molecular weight is 524 g/mol. The number of β-amino-alcohol motifs (C(OH)–C–C–N with tert-alkyl or cyclic N) is 1. The summed E-state index contributed by atoms with van der Waals surface area (Å²) in [5.74, 6) is 1.31.